The van der Waals surface area contributed by atoms with E-state index in [2.05, 4.69) is 6.92 Å². The van der Waals surface area contributed by atoms with Gasteiger partial charge < -0.3 is 19.7 Å². The van der Waals surface area contributed by atoms with Crippen LogP contribution in [0.1, 0.15) is 26.7 Å². The number of ether oxygens (including phenoxy) is 2. The van der Waals surface area contributed by atoms with Crippen LogP contribution in [0.3, 0.4) is 0 Å². The highest BCUT2D eigenvalue weighted by Crippen LogP contribution is 2.40. The summed E-state index contributed by atoms with van der Waals surface area (Å²) in [6.45, 7) is 4.01. The third-order valence-electron chi connectivity index (χ3n) is 5.63. The number of aliphatic hydroxyl groups is 1. The third-order valence-corrected chi connectivity index (χ3v) is 5.63. The molecule has 2 N–H and O–H groups in total. The first kappa shape index (κ1) is 17.2. The predicted octanol–water partition coefficient (Wildman–Crippen LogP) is 1.54. The molecule has 0 aromatic carbocycles. The van der Waals surface area contributed by atoms with Crippen molar-refractivity contribution in [3.63, 3.8) is 0 Å². The van der Waals surface area contributed by atoms with E-state index >= 15 is 0 Å². The van der Waals surface area contributed by atoms with Crippen molar-refractivity contribution in [2.45, 2.75) is 51.1 Å². The Labute approximate surface area is 141 Å². The van der Waals surface area contributed by atoms with Gasteiger partial charge in [0.25, 0.3) is 0 Å². The van der Waals surface area contributed by atoms with Crippen LogP contribution >= 0.6 is 0 Å². The third kappa shape index (κ3) is 3.26. The average Bonchev–Trinajstić information content (AvgIpc) is 3.20. The molecule has 2 fully saturated rings. The number of carboxylic acid groups (broad SMARTS) is 1. The first-order valence-corrected chi connectivity index (χ1v) is 8.48. The summed E-state index contributed by atoms with van der Waals surface area (Å²) in [6.07, 6.45) is 7.92. The lowest BCUT2D eigenvalue weighted by Crippen LogP contribution is -2.32. The first-order valence-electron chi connectivity index (χ1n) is 8.48. The van der Waals surface area contributed by atoms with Crippen LogP contribution in [0.15, 0.2) is 24.3 Å². The molecule has 132 valence electrons. The Balaban J connectivity index is 0.000000141. The number of esters is 1. The van der Waals surface area contributed by atoms with Crippen LogP contribution in [-0.2, 0) is 19.1 Å². The van der Waals surface area contributed by atoms with E-state index in [0.717, 1.165) is 0 Å². The first-order chi connectivity index (χ1) is 11.4. The van der Waals surface area contributed by atoms with Gasteiger partial charge >= 0.3 is 11.9 Å². The minimum absolute atomic E-state index is 0.0566. The van der Waals surface area contributed by atoms with Gasteiger partial charge in [0.15, 0.2) is 0 Å². The molecular formula is C18H24O6. The molecule has 0 radical (unpaired) electrons. The summed E-state index contributed by atoms with van der Waals surface area (Å²) in [5, 5.41) is 18.1. The fourth-order valence-corrected chi connectivity index (χ4v) is 4.00. The molecule has 4 rings (SSSR count). The van der Waals surface area contributed by atoms with E-state index in [1.165, 1.54) is 0 Å². The highest BCUT2D eigenvalue weighted by Gasteiger charge is 2.44. The van der Waals surface area contributed by atoms with E-state index in [0.29, 0.717) is 12.3 Å². The SMILES string of the molecule is C[C@H]1C(O)C=CC2OC(=O)C[C@H]21.C[C@H]1[C@@H](CC(=O)O)[C@@H]2C=C[C@H]1O2. The van der Waals surface area contributed by atoms with Crippen LogP contribution in [-0.4, -0.2) is 46.6 Å². The van der Waals surface area contributed by atoms with Crippen LogP contribution in [0, 0.1) is 23.7 Å². The van der Waals surface area contributed by atoms with Crippen molar-refractivity contribution in [1.82, 2.24) is 0 Å². The van der Waals surface area contributed by atoms with Gasteiger partial charge in [0.1, 0.15) is 6.10 Å². The van der Waals surface area contributed by atoms with Gasteiger partial charge in [0.05, 0.1) is 31.2 Å². The van der Waals surface area contributed by atoms with Gasteiger partial charge in [-0.1, -0.05) is 32.1 Å². The molecule has 24 heavy (non-hydrogen) atoms. The lowest BCUT2D eigenvalue weighted by Gasteiger charge is -2.28. The van der Waals surface area contributed by atoms with E-state index in [9.17, 15) is 14.7 Å². The second kappa shape index (κ2) is 6.69. The maximum absolute atomic E-state index is 10.9. The van der Waals surface area contributed by atoms with Crippen molar-refractivity contribution in [3.05, 3.63) is 24.3 Å². The molecule has 0 spiro atoms. The Bertz CT molecular complexity index is 568. The van der Waals surface area contributed by atoms with Gasteiger partial charge in [-0.15, -0.1) is 0 Å². The van der Waals surface area contributed by atoms with E-state index in [4.69, 9.17) is 14.6 Å². The van der Waals surface area contributed by atoms with E-state index in [1.54, 1.807) is 12.2 Å². The number of carbonyl (C=O) groups excluding carboxylic acids is 1. The van der Waals surface area contributed by atoms with E-state index < -0.39 is 12.1 Å². The van der Waals surface area contributed by atoms with Crippen LogP contribution in [0.2, 0.25) is 0 Å². The lowest BCUT2D eigenvalue weighted by atomic mass is 9.80. The smallest absolute Gasteiger partial charge is 0.306 e. The normalized spacial score (nSPS) is 44.7. The lowest BCUT2D eigenvalue weighted by molar-refractivity contribution is -0.140. The van der Waals surface area contributed by atoms with Gasteiger partial charge in [-0.05, 0) is 17.9 Å². The molecule has 0 saturated carbocycles. The highest BCUT2D eigenvalue weighted by atomic mass is 16.5. The summed E-state index contributed by atoms with van der Waals surface area (Å²) in [5.74, 6) is -0.0236. The number of aliphatic carboxylic acids is 1. The Hall–Kier alpha value is -1.66. The van der Waals surface area contributed by atoms with Crippen molar-refractivity contribution in [3.8, 4) is 0 Å². The van der Waals surface area contributed by atoms with Crippen molar-refractivity contribution in [2.24, 2.45) is 23.7 Å². The summed E-state index contributed by atoms with van der Waals surface area (Å²) in [4.78, 5) is 21.4. The van der Waals surface area contributed by atoms with Crippen LogP contribution in [0.4, 0.5) is 0 Å². The molecule has 0 aromatic heterocycles. The molecule has 0 aromatic rings. The fourth-order valence-electron chi connectivity index (χ4n) is 4.00. The standard InChI is InChI=1S/2C9H12O3/c1-5-6(4-9(10)11)8-3-2-7(5)12-8;1-5-6-4-9(11)12-8(6)3-2-7(5)10/h2-3,5-8H,4H2,1H3,(H,10,11);2-3,5-8,10H,4H2,1H3/t5-,6+,7+,8-;5-,6+,7?,8?/m01/s1. The molecule has 6 heteroatoms. The second-order valence-corrected chi connectivity index (χ2v) is 7.13. The Morgan fingerprint density at radius 1 is 1.12 bits per heavy atom. The van der Waals surface area contributed by atoms with Crippen LogP contribution < -0.4 is 0 Å². The van der Waals surface area contributed by atoms with Crippen molar-refractivity contribution in [1.29, 1.82) is 0 Å². The molecule has 3 aliphatic heterocycles. The van der Waals surface area contributed by atoms with Gasteiger partial charge in [-0.25, -0.2) is 0 Å². The minimum atomic E-state index is -0.726. The van der Waals surface area contributed by atoms with E-state index in [-0.39, 0.29) is 48.5 Å². The molecule has 1 aliphatic carbocycles. The number of aliphatic hydroxyl groups excluding tert-OH is 1. The highest BCUT2D eigenvalue weighted by molar-refractivity contribution is 5.72. The maximum Gasteiger partial charge on any atom is 0.306 e. The van der Waals surface area contributed by atoms with Gasteiger partial charge in [-0.2, -0.15) is 0 Å². The molecule has 8 atom stereocenters. The number of fused-ring (bicyclic) bond motifs is 3. The Morgan fingerprint density at radius 3 is 2.42 bits per heavy atom. The zero-order valence-electron chi connectivity index (χ0n) is 13.9. The van der Waals surface area contributed by atoms with Crippen molar-refractivity contribution >= 4 is 11.9 Å². The molecule has 3 heterocycles. The summed E-state index contributed by atoms with van der Waals surface area (Å²) >= 11 is 0. The molecular weight excluding hydrogens is 312 g/mol. The van der Waals surface area contributed by atoms with E-state index in [1.807, 2.05) is 19.1 Å². The molecule has 2 unspecified atom stereocenters. The van der Waals surface area contributed by atoms with Crippen LogP contribution in [0.5, 0.6) is 0 Å². The van der Waals surface area contributed by atoms with Crippen molar-refractivity contribution < 1.29 is 29.3 Å². The zero-order chi connectivity index (χ0) is 17.4. The zero-order valence-corrected chi connectivity index (χ0v) is 13.9. The number of hydrogen-bond acceptors (Lipinski definition) is 5. The number of carbonyl (C=O) groups is 2. The quantitative estimate of drug-likeness (QED) is 0.587. The topological polar surface area (TPSA) is 93.1 Å². The molecule has 6 nitrogen and oxygen atoms in total. The average molecular weight is 336 g/mol. The summed E-state index contributed by atoms with van der Waals surface area (Å²) in [5.41, 5.74) is 0. The Kier molecular flexibility index (Phi) is 4.78. The Morgan fingerprint density at radius 2 is 1.79 bits per heavy atom. The molecule has 4 aliphatic rings. The van der Waals surface area contributed by atoms with Crippen LogP contribution in [0.25, 0.3) is 0 Å². The van der Waals surface area contributed by atoms with Gasteiger partial charge in [-0.3, -0.25) is 9.59 Å². The molecule has 2 bridgehead atoms. The summed E-state index contributed by atoms with van der Waals surface area (Å²) in [7, 11) is 0. The summed E-state index contributed by atoms with van der Waals surface area (Å²) < 4.78 is 10.6. The monoisotopic (exact) mass is 336 g/mol. The van der Waals surface area contributed by atoms with Crippen molar-refractivity contribution in [2.75, 3.05) is 0 Å². The minimum Gasteiger partial charge on any atom is -0.481 e. The predicted molar refractivity (Wildman–Crippen MR) is 85.0 cm³/mol. The number of rotatable bonds is 2. The number of carboxylic acids is 1. The van der Waals surface area contributed by atoms with Gasteiger partial charge in [0, 0.05) is 11.8 Å². The summed E-state index contributed by atoms with van der Waals surface area (Å²) in [6, 6.07) is 0. The second-order valence-electron chi connectivity index (χ2n) is 7.13. The van der Waals surface area contributed by atoms with Gasteiger partial charge in [0.2, 0.25) is 0 Å². The largest absolute Gasteiger partial charge is 0.481 e. The molecule has 2 saturated heterocycles. The molecule has 0 amide bonds. The number of hydrogen-bond donors (Lipinski definition) is 2. The fraction of sp³-hybridized carbons (Fsp3) is 0.667. The maximum atomic E-state index is 10.9.